The van der Waals surface area contributed by atoms with E-state index in [-0.39, 0.29) is 0 Å². The van der Waals surface area contributed by atoms with E-state index in [4.69, 9.17) is 0 Å². The zero-order valence-corrected chi connectivity index (χ0v) is 12.2. The van der Waals surface area contributed by atoms with Crippen LogP contribution in [0, 0.1) is 0 Å². The summed E-state index contributed by atoms with van der Waals surface area (Å²) in [6.07, 6.45) is 3.62. The molecule has 0 radical (unpaired) electrons. The highest BCUT2D eigenvalue weighted by Gasteiger charge is 2.43. The first-order valence-corrected chi connectivity index (χ1v) is 8.04. The van der Waals surface area contributed by atoms with Gasteiger partial charge in [0.25, 0.3) is 0 Å². The Kier molecular flexibility index (Phi) is 3.72. The average molecular weight is 271 g/mol. The first-order chi connectivity index (χ1) is 9.35. The maximum absolute atomic E-state index is 3.74. The number of benzene rings is 1. The zero-order valence-electron chi connectivity index (χ0n) is 11.4. The van der Waals surface area contributed by atoms with Gasteiger partial charge in [0, 0.05) is 16.3 Å². The molecular formula is C17H21NS. The number of hydrogen-bond acceptors (Lipinski definition) is 2. The molecule has 2 aromatic rings. The minimum absolute atomic E-state index is 0.337. The lowest BCUT2D eigenvalue weighted by Gasteiger charge is -2.33. The second-order valence-corrected chi connectivity index (χ2v) is 6.38. The molecule has 1 saturated heterocycles. The Morgan fingerprint density at radius 1 is 1.21 bits per heavy atom. The van der Waals surface area contributed by atoms with Crippen molar-refractivity contribution in [2.75, 3.05) is 6.54 Å². The fraction of sp³-hybridized carbons (Fsp3) is 0.412. The molecular weight excluding hydrogens is 250 g/mol. The summed E-state index contributed by atoms with van der Waals surface area (Å²) in [7, 11) is 0. The molecule has 1 nitrogen and oxygen atoms in total. The first kappa shape index (κ1) is 12.9. The second-order valence-electron chi connectivity index (χ2n) is 5.43. The van der Waals surface area contributed by atoms with Crippen molar-refractivity contribution in [1.82, 2.24) is 5.32 Å². The summed E-state index contributed by atoms with van der Waals surface area (Å²) in [5.74, 6) is 0. The zero-order chi connectivity index (χ0) is 13.1. The molecule has 1 N–H and O–H groups in total. The third-order valence-electron chi connectivity index (χ3n) is 4.55. The Hall–Kier alpha value is -1.12. The van der Waals surface area contributed by atoms with Gasteiger partial charge in [0.15, 0.2) is 0 Å². The van der Waals surface area contributed by atoms with Gasteiger partial charge in [-0.1, -0.05) is 43.3 Å². The van der Waals surface area contributed by atoms with Gasteiger partial charge in [-0.3, -0.25) is 0 Å². The Balaban J connectivity index is 1.88. The monoisotopic (exact) mass is 271 g/mol. The maximum Gasteiger partial charge on any atom is 0.0213 e. The normalized spacial score (nSPS) is 26.7. The molecule has 1 fully saturated rings. The summed E-state index contributed by atoms with van der Waals surface area (Å²) >= 11 is 1.92. The van der Waals surface area contributed by atoms with Crippen LogP contribution in [0.4, 0.5) is 0 Å². The van der Waals surface area contributed by atoms with Crippen molar-refractivity contribution >= 4 is 11.3 Å². The van der Waals surface area contributed by atoms with E-state index in [1.165, 1.54) is 18.4 Å². The van der Waals surface area contributed by atoms with Crippen molar-refractivity contribution < 1.29 is 0 Å². The van der Waals surface area contributed by atoms with Gasteiger partial charge in [0.05, 0.1) is 0 Å². The van der Waals surface area contributed by atoms with Crippen LogP contribution in [0.2, 0.25) is 0 Å². The third kappa shape index (κ3) is 2.35. The summed E-state index contributed by atoms with van der Waals surface area (Å²) in [5.41, 5.74) is 1.78. The van der Waals surface area contributed by atoms with Gasteiger partial charge in [-0.15, -0.1) is 11.3 Å². The first-order valence-electron chi connectivity index (χ1n) is 7.16. The third-order valence-corrected chi connectivity index (χ3v) is 5.64. The molecule has 2 unspecified atom stereocenters. The molecule has 0 spiro atoms. The van der Waals surface area contributed by atoms with E-state index in [1.54, 1.807) is 4.88 Å². The van der Waals surface area contributed by atoms with E-state index in [9.17, 15) is 0 Å². The second kappa shape index (κ2) is 5.48. The molecule has 100 valence electrons. The van der Waals surface area contributed by atoms with Crippen LogP contribution in [0.1, 0.15) is 30.2 Å². The lowest BCUT2D eigenvalue weighted by Crippen LogP contribution is -2.41. The Bertz CT molecular complexity index is 505. The van der Waals surface area contributed by atoms with Crippen LogP contribution in [0.5, 0.6) is 0 Å². The molecule has 1 aliphatic rings. The van der Waals surface area contributed by atoms with Crippen molar-refractivity contribution in [3.63, 3.8) is 0 Å². The lowest BCUT2D eigenvalue weighted by atomic mass is 9.74. The largest absolute Gasteiger partial charge is 0.313 e. The van der Waals surface area contributed by atoms with Crippen LogP contribution >= 0.6 is 11.3 Å². The van der Waals surface area contributed by atoms with Crippen LogP contribution in [0.3, 0.4) is 0 Å². The Morgan fingerprint density at radius 3 is 2.74 bits per heavy atom. The van der Waals surface area contributed by atoms with Gasteiger partial charge in [0.1, 0.15) is 0 Å². The standard InChI is InChI=1S/C17H21NS/c1-2-17(16-9-6-12-19-16)10-11-18-15(17)13-14-7-4-3-5-8-14/h3-9,12,15,18H,2,10-11,13H2,1H3. The molecule has 19 heavy (non-hydrogen) atoms. The molecule has 1 aromatic carbocycles. The van der Waals surface area contributed by atoms with E-state index >= 15 is 0 Å². The van der Waals surface area contributed by atoms with E-state index in [1.807, 2.05) is 11.3 Å². The predicted molar refractivity (Wildman–Crippen MR) is 82.8 cm³/mol. The van der Waals surface area contributed by atoms with Crippen LogP contribution in [0.25, 0.3) is 0 Å². The molecule has 1 aliphatic heterocycles. The number of hydrogen-bond donors (Lipinski definition) is 1. The highest BCUT2D eigenvalue weighted by Crippen LogP contribution is 2.42. The fourth-order valence-corrected chi connectivity index (χ4v) is 4.49. The molecule has 0 bridgehead atoms. The number of rotatable bonds is 4. The number of nitrogens with one attached hydrogen (secondary N) is 1. The van der Waals surface area contributed by atoms with Crippen molar-refractivity contribution in [3.05, 3.63) is 58.3 Å². The molecule has 2 heterocycles. The molecule has 1 aromatic heterocycles. The predicted octanol–water partition coefficient (Wildman–Crippen LogP) is 4.00. The van der Waals surface area contributed by atoms with Crippen LogP contribution in [-0.2, 0) is 11.8 Å². The van der Waals surface area contributed by atoms with Crippen molar-refractivity contribution in [2.24, 2.45) is 0 Å². The van der Waals surface area contributed by atoms with Crippen LogP contribution < -0.4 is 5.32 Å². The molecule has 0 aliphatic carbocycles. The van der Waals surface area contributed by atoms with E-state index < -0.39 is 0 Å². The van der Waals surface area contributed by atoms with Crippen LogP contribution in [-0.4, -0.2) is 12.6 Å². The van der Waals surface area contributed by atoms with Gasteiger partial charge in [-0.05, 0) is 42.8 Å². The minimum atomic E-state index is 0.337. The van der Waals surface area contributed by atoms with Crippen molar-refractivity contribution in [3.8, 4) is 0 Å². The Labute approximate surface area is 119 Å². The average Bonchev–Trinajstić information content (AvgIpc) is 3.09. The molecule has 0 saturated carbocycles. The summed E-state index contributed by atoms with van der Waals surface area (Å²) in [6, 6.07) is 15.9. The highest BCUT2D eigenvalue weighted by atomic mass is 32.1. The fourth-order valence-electron chi connectivity index (χ4n) is 3.41. The van der Waals surface area contributed by atoms with E-state index in [2.05, 4.69) is 60.1 Å². The lowest BCUT2D eigenvalue weighted by molar-refractivity contribution is 0.359. The summed E-state index contributed by atoms with van der Waals surface area (Å²) in [6.45, 7) is 3.48. The SMILES string of the molecule is CCC1(c2cccs2)CCNC1Cc1ccccc1. The van der Waals surface area contributed by atoms with E-state index in [0.717, 1.165) is 13.0 Å². The Morgan fingerprint density at radius 2 is 2.05 bits per heavy atom. The van der Waals surface area contributed by atoms with E-state index in [0.29, 0.717) is 11.5 Å². The maximum atomic E-state index is 3.74. The highest BCUT2D eigenvalue weighted by molar-refractivity contribution is 7.10. The van der Waals surface area contributed by atoms with Gasteiger partial charge in [-0.2, -0.15) is 0 Å². The minimum Gasteiger partial charge on any atom is -0.313 e. The number of thiophene rings is 1. The summed E-state index contributed by atoms with van der Waals surface area (Å²) < 4.78 is 0. The van der Waals surface area contributed by atoms with Gasteiger partial charge in [0.2, 0.25) is 0 Å². The van der Waals surface area contributed by atoms with Crippen molar-refractivity contribution in [1.29, 1.82) is 0 Å². The smallest absolute Gasteiger partial charge is 0.0213 e. The topological polar surface area (TPSA) is 12.0 Å². The van der Waals surface area contributed by atoms with Crippen LogP contribution in [0.15, 0.2) is 47.8 Å². The van der Waals surface area contributed by atoms with Gasteiger partial charge < -0.3 is 5.32 Å². The van der Waals surface area contributed by atoms with Crippen molar-refractivity contribution in [2.45, 2.75) is 37.6 Å². The quantitative estimate of drug-likeness (QED) is 0.886. The molecule has 2 atom stereocenters. The van der Waals surface area contributed by atoms with Gasteiger partial charge >= 0.3 is 0 Å². The molecule has 3 rings (SSSR count). The molecule has 2 heteroatoms. The van der Waals surface area contributed by atoms with Gasteiger partial charge in [-0.25, -0.2) is 0 Å². The summed E-state index contributed by atoms with van der Waals surface area (Å²) in [4.78, 5) is 1.56. The summed E-state index contributed by atoms with van der Waals surface area (Å²) in [5, 5.41) is 5.95. The molecule has 0 amide bonds.